The summed E-state index contributed by atoms with van der Waals surface area (Å²) in [4.78, 5) is 0. The Morgan fingerprint density at radius 3 is 2.33 bits per heavy atom. The van der Waals surface area contributed by atoms with E-state index in [1.165, 1.54) is 12.1 Å². The van der Waals surface area contributed by atoms with Gasteiger partial charge in [-0.1, -0.05) is 18.2 Å². The van der Waals surface area contributed by atoms with Gasteiger partial charge in [0.2, 0.25) is 0 Å². The summed E-state index contributed by atoms with van der Waals surface area (Å²) in [7, 11) is 0. The van der Waals surface area contributed by atoms with Gasteiger partial charge in [-0.15, -0.1) is 0 Å². The van der Waals surface area contributed by atoms with Gasteiger partial charge in [0.15, 0.2) is 0 Å². The van der Waals surface area contributed by atoms with Crippen molar-refractivity contribution in [2.75, 3.05) is 0 Å². The fourth-order valence-electron chi connectivity index (χ4n) is 1.80. The topological polar surface area (TPSA) is 33.1 Å². The molecule has 0 unspecified atom stereocenters. The van der Waals surface area contributed by atoms with Gasteiger partial charge < -0.3 is 10.1 Å². The molecule has 1 N–H and O–H groups in total. The lowest BCUT2D eigenvalue weighted by Crippen LogP contribution is -2.04. The maximum atomic E-state index is 12.4. The fourth-order valence-corrected chi connectivity index (χ4v) is 1.80. The SMILES string of the molecule is CC(=N)c1cccc(COc2ccc(C(F)(F)F)cc2)c1. The Morgan fingerprint density at radius 1 is 1.10 bits per heavy atom. The van der Waals surface area contributed by atoms with Gasteiger partial charge in [0.25, 0.3) is 0 Å². The van der Waals surface area contributed by atoms with Crippen LogP contribution in [0.5, 0.6) is 5.75 Å². The molecule has 110 valence electrons. The van der Waals surface area contributed by atoms with E-state index in [9.17, 15) is 13.2 Å². The first-order valence-electron chi connectivity index (χ1n) is 6.31. The molecule has 2 aromatic carbocycles. The molecule has 0 aliphatic heterocycles. The van der Waals surface area contributed by atoms with E-state index < -0.39 is 11.7 Å². The van der Waals surface area contributed by atoms with E-state index in [1.807, 2.05) is 24.3 Å². The first-order valence-corrected chi connectivity index (χ1v) is 6.31. The number of ether oxygens (including phenoxy) is 1. The highest BCUT2D eigenvalue weighted by atomic mass is 19.4. The van der Waals surface area contributed by atoms with Crippen molar-refractivity contribution >= 4 is 5.71 Å². The lowest BCUT2D eigenvalue weighted by atomic mass is 10.1. The zero-order chi connectivity index (χ0) is 15.5. The van der Waals surface area contributed by atoms with Gasteiger partial charge in [0, 0.05) is 5.71 Å². The van der Waals surface area contributed by atoms with Crippen LogP contribution in [0.4, 0.5) is 13.2 Å². The number of benzene rings is 2. The first-order chi connectivity index (χ1) is 9.86. The van der Waals surface area contributed by atoms with Crippen molar-refractivity contribution in [1.82, 2.24) is 0 Å². The number of hydrogen-bond donors (Lipinski definition) is 1. The Morgan fingerprint density at radius 2 is 1.76 bits per heavy atom. The molecular formula is C16H14F3NO. The third-order valence-corrected chi connectivity index (χ3v) is 2.95. The van der Waals surface area contributed by atoms with Crippen LogP contribution in [0.1, 0.15) is 23.6 Å². The van der Waals surface area contributed by atoms with Gasteiger partial charge in [0.1, 0.15) is 12.4 Å². The second-order valence-electron chi connectivity index (χ2n) is 4.64. The summed E-state index contributed by atoms with van der Waals surface area (Å²) in [6.07, 6.45) is -4.34. The number of rotatable bonds is 4. The summed E-state index contributed by atoms with van der Waals surface area (Å²) in [6, 6.07) is 11.9. The average molecular weight is 293 g/mol. The Bertz CT molecular complexity index is 633. The molecule has 21 heavy (non-hydrogen) atoms. The van der Waals surface area contributed by atoms with Gasteiger partial charge in [-0.3, -0.25) is 0 Å². The molecule has 0 atom stereocenters. The molecular weight excluding hydrogens is 279 g/mol. The second-order valence-corrected chi connectivity index (χ2v) is 4.64. The minimum atomic E-state index is -4.34. The summed E-state index contributed by atoms with van der Waals surface area (Å²) in [6.45, 7) is 1.93. The molecule has 2 rings (SSSR count). The van der Waals surface area contributed by atoms with Crippen LogP contribution < -0.4 is 4.74 Å². The molecule has 0 radical (unpaired) electrons. The average Bonchev–Trinajstić information content (AvgIpc) is 2.45. The van der Waals surface area contributed by atoms with Crippen LogP contribution in [-0.4, -0.2) is 5.71 Å². The van der Waals surface area contributed by atoms with Crippen molar-refractivity contribution in [2.45, 2.75) is 19.7 Å². The van der Waals surface area contributed by atoms with Crippen LogP contribution in [-0.2, 0) is 12.8 Å². The zero-order valence-corrected chi connectivity index (χ0v) is 11.4. The summed E-state index contributed by atoms with van der Waals surface area (Å²) < 4.78 is 42.7. The maximum absolute atomic E-state index is 12.4. The maximum Gasteiger partial charge on any atom is 0.416 e. The van der Waals surface area contributed by atoms with E-state index in [0.717, 1.165) is 23.3 Å². The predicted octanol–water partition coefficient (Wildman–Crippen LogP) is 4.67. The monoisotopic (exact) mass is 293 g/mol. The Kier molecular flexibility index (Phi) is 4.31. The third-order valence-electron chi connectivity index (χ3n) is 2.95. The lowest BCUT2D eigenvalue weighted by molar-refractivity contribution is -0.137. The summed E-state index contributed by atoms with van der Waals surface area (Å²) in [5.74, 6) is 0.375. The molecule has 0 aromatic heterocycles. The molecule has 2 nitrogen and oxygen atoms in total. The van der Waals surface area contributed by atoms with Crippen molar-refractivity contribution in [1.29, 1.82) is 5.41 Å². The van der Waals surface area contributed by atoms with Crippen molar-refractivity contribution in [3.63, 3.8) is 0 Å². The first kappa shape index (κ1) is 15.1. The van der Waals surface area contributed by atoms with Gasteiger partial charge >= 0.3 is 6.18 Å². The van der Waals surface area contributed by atoms with Crippen molar-refractivity contribution in [2.24, 2.45) is 0 Å². The summed E-state index contributed by atoms with van der Waals surface area (Å²) in [5, 5.41) is 7.56. The molecule has 0 aliphatic rings. The highest BCUT2D eigenvalue weighted by Crippen LogP contribution is 2.30. The van der Waals surface area contributed by atoms with Crippen LogP contribution in [0.15, 0.2) is 48.5 Å². The van der Waals surface area contributed by atoms with E-state index >= 15 is 0 Å². The second kappa shape index (κ2) is 5.99. The number of hydrogen-bond acceptors (Lipinski definition) is 2. The van der Waals surface area contributed by atoms with E-state index in [1.54, 1.807) is 6.92 Å². The number of alkyl halides is 3. The molecule has 0 amide bonds. The smallest absolute Gasteiger partial charge is 0.416 e. The van der Waals surface area contributed by atoms with Crippen LogP contribution >= 0.6 is 0 Å². The number of nitrogens with one attached hydrogen (secondary N) is 1. The molecule has 0 saturated heterocycles. The Hall–Kier alpha value is -2.30. The van der Waals surface area contributed by atoms with Crippen molar-refractivity contribution in [3.8, 4) is 5.75 Å². The van der Waals surface area contributed by atoms with Crippen LogP contribution in [0, 0.1) is 5.41 Å². The molecule has 2 aromatic rings. The van der Waals surface area contributed by atoms with Crippen LogP contribution in [0.25, 0.3) is 0 Å². The molecule has 0 saturated carbocycles. The third kappa shape index (κ3) is 4.08. The van der Waals surface area contributed by atoms with E-state index in [4.69, 9.17) is 10.1 Å². The Balaban J connectivity index is 2.03. The lowest BCUT2D eigenvalue weighted by Gasteiger charge is -2.10. The largest absolute Gasteiger partial charge is 0.489 e. The normalized spacial score (nSPS) is 11.2. The summed E-state index contributed by atoms with van der Waals surface area (Å²) in [5.41, 5.74) is 1.41. The minimum absolute atomic E-state index is 0.243. The molecule has 0 fully saturated rings. The fraction of sp³-hybridized carbons (Fsp3) is 0.188. The standard InChI is InChI=1S/C16H14F3NO/c1-11(20)13-4-2-3-12(9-13)10-21-15-7-5-14(6-8-15)16(17,18)19/h2-9,20H,10H2,1H3. The van der Waals surface area contributed by atoms with Crippen LogP contribution in [0.3, 0.4) is 0 Å². The van der Waals surface area contributed by atoms with E-state index in [2.05, 4.69) is 0 Å². The molecule has 0 bridgehead atoms. The van der Waals surface area contributed by atoms with Gasteiger partial charge in [-0.25, -0.2) is 0 Å². The molecule has 5 heteroatoms. The predicted molar refractivity (Wildman–Crippen MR) is 74.7 cm³/mol. The highest BCUT2D eigenvalue weighted by molar-refractivity contribution is 5.96. The van der Waals surface area contributed by atoms with E-state index in [0.29, 0.717) is 11.5 Å². The highest BCUT2D eigenvalue weighted by Gasteiger charge is 2.29. The molecule has 0 aliphatic carbocycles. The van der Waals surface area contributed by atoms with Crippen LogP contribution in [0.2, 0.25) is 0 Å². The van der Waals surface area contributed by atoms with Gasteiger partial charge in [0.05, 0.1) is 5.56 Å². The number of halogens is 3. The quantitative estimate of drug-likeness (QED) is 0.816. The molecule has 0 spiro atoms. The minimum Gasteiger partial charge on any atom is -0.489 e. The molecule has 0 heterocycles. The van der Waals surface area contributed by atoms with Crippen molar-refractivity contribution in [3.05, 3.63) is 65.2 Å². The zero-order valence-electron chi connectivity index (χ0n) is 11.4. The van der Waals surface area contributed by atoms with E-state index in [-0.39, 0.29) is 6.61 Å². The Labute approximate surface area is 120 Å². The van der Waals surface area contributed by atoms with Gasteiger partial charge in [-0.05, 0) is 48.4 Å². The summed E-state index contributed by atoms with van der Waals surface area (Å²) >= 11 is 0. The van der Waals surface area contributed by atoms with Crippen molar-refractivity contribution < 1.29 is 17.9 Å². The van der Waals surface area contributed by atoms with Gasteiger partial charge in [-0.2, -0.15) is 13.2 Å².